The van der Waals surface area contributed by atoms with E-state index in [1.165, 1.54) is 17.2 Å². The zero-order chi connectivity index (χ0) is 11.8. The van der Waals surface area contributed by atoms with E-state index in [-0.39, 0.29) is 5.54 Å². The maximum Gasteiger partial charge on any atom is 0.114 e. The van der Waals surface area contributed by atoms with E-state index in [1.807, 2.05) is 11.8 Å². The largest absolute Gasteiger partial charge is 0.308 e. The number of thiazole rings is 1. The molecule has 16 heavy (non-hydrogen) atoms. The van der Waals surface area contributed by atoms with E-state index in [0.29, 0.717) is 5.41 Å². The van der Waals surface area contributed by atoms with Gasteiger partial charge >= 0.3 is 0 Å². The van der Waals surface area contributed by atoms with Crippen molar-refractivity contribution in [1.82, 2.24) is 10.3 Å². The molecule has 2 heterocycles. The Kier molecular flexibility index (Phi) is 3.34. The molecule has 0 radical (unpaired) electrons. The van der Waals surface area contributed by atoms with Crippen molar-refractivity contribution in [3.63, 3.8) is 0 Å². The lowest BCUT2D eigenvalue weighted by molar-refractivity contribution is 0.235. The van der Waals surface area contributed by atoms with Gasteiger partial charge in [0, 0.05) is 16.8 Å². The van der Waals surface area contributed by atoms with Crippen molar-refractivity contribution in [2.75, 3.05) is 18.6 Å². The molecule has 1 saturated heterocycles. The molecule has 1 aliphatic heterocycles. The Labute approximate surface area is 106 Å². The Hall–Kier alpha value is -0.0600. The predicted molar refractivity (Wildman–Crippen MR) is 73.3 cm³/mol. The number of nitrogens with one attached hydrogen (secondary N) is 1. The van der Waals surface area contributed by atoms with Crippen molar-refractivity contribution in [1.29, 1.82) is 0 Å². The van der Waals surface area contributed by atoms with Gasteiger partial charge in [0.25, 0.3) is 0 Å². The highest BCUT2D eigenvalue weighted by molar-refractivity contribution is 7.99. The summed E-state index contributed by atoms with van der Waals surface area (Å²) in [6, 6.07) is 0. The Bertz CT molecular complexity index is 373. The lowest BCUT2D eigenvalue weighted by Crippen LogP contribution is -2.49. The Morgan fingerprint density at radius 2 is 2.12 bits per heavy atom. The molecule has 4 heteroatoms. The van der Waals surface area contributed by atoms with Crippen LogP contribution in [-0.2, 0) is 5.54 Å². The summed E-state index contributed by atoms with van der Waals surface area (Å²) in [4.78, 5) is 4.69. The van der Waals surface area contributed by atoms with Crippen molar-refractivity contribution in [3.05, 3.63) is 16.1 Å². The summed E-state index contributed by atoms with van der Waals surface area (Å²) in [6.45, 7) is 6.78. The normalized spacial score (nSPS) is 29.2. The van der Waals surface area contributed by atoms with Gasteiger partial charge in [0.1, 0.15) is 5.01 Å². The standard InChI is InChI=1S/C12H20N2S2/c1-9-5-16-10(14-9)12(13-4)6-11(2,3)7-15-8-12/h5,13H,6-8H2,1-4H3. The zero-order valence-electron chi connectivity index (χ0n) is 10.5. The number of nitrogens with zero attached hydrogens (tertiary/aromatic N) is 1. The van der Waals surface area contributed by atoms with Gasteiger partial charge in [-0.2, -0.15) is 11.8 Å². The molecule has 2 rings (SSSR count). The molecule has 0 amide bonds. The van der Waals surface area contributed by atoms with Crippen LogP contribution in [0.2, 0.25) is 0 Å². The van der Waals surface area contributed by atoms with Crippen LogP contribution in [0.3, 0.4) is 0 Å². The van der Waals surface area contributed by atoms with Gasteiger partial charge in [-0.15, -0.1) is 11.3 Å². The third-order valence-corrected chi connectivity index (χ3v) is 5.98. The summed E-state index contributed by atoms with van der Waals surface area (Å²) in [5.74, 6) is 2.39. The molecule has 1 atom stereocenters. The average Bonchev–Trinajstić information content (AvgIpc) is 2.63. The molecule has 1 aromatic rings. The highest BCUT2D eigenvalue weighted by atomic mass is 32.2. The van der Waals surface area contributed by atoms with Crippen molar-refractivity contribution >= 4 is 23.1 Å². The maximum absolute atomic E-state index is 4.69. The molecule has 1 aromatic heterocycles. The van der Waals surface area contributed by atoms with Gasteiger partial charge in [-0.05, 0) is 31.6 Å². The fourth-order valence-corrected chi connectivity index (χ4v) is 4.98. The van der Waals surface area contributed by atoms with Crippen molar-refractivity contribution in [2.24, 2.45) is 5.41 Å². The second kappa shape index (κ2) is 4.31. The summed E-state index contributed by atoms with van der Waals surface area (Å²) < 4.78 is 0. The second-order valence-electron chi connectivity index (χ2n) is 5.46. The van der Waals surface area contributed by atoms with Crippen molar-refractivity contribution in [2.45, 2.75) is 32.7 Å². The van der Waals surface area contributed by atoms with Gasteiger partial charge in [0.2, 0.25) is 0 Å². The SMILES string of the molecule is CNC1(c2nc(C)cs2)CSCC(C)(C)C1. The second-order valence-corrected chi connectivity index (χ2v) is 7.30. The number of aromatic nitrogens is 1. The number of hydrogen-bond donors (Lipinski definition) is 1. The molecule has 0 saturated carbocycles. The monoisotopic (exact) mass is 256 g/mol. The maximum atomic E-state index is 4.69. The van der Waals surface area contributed by atoms with E-state index in [0.717, 1.165) is 11.4 Å². The summed E-state index contributed by atoms with van der Waals surface area (Å²) >= 11 is 3.83. The van der Waals surface area contributed by atoms with E-state index in [9.17, 15) is 0 Å². The third-order valence-electron chi connectivity index (χ3n) is 3.13. The summed E-state index contributed by atoms with van der Waals surface area (Å²) in [5, 5.41) is 6.94. The van der Waals surface area contributed by atoms with Gasteiger partial charge in [-0.25, -0.2) is 4.98 Å². The first-order chi connectivity index (χ1) is 7.47. The van der Waals surface area contributed by atoms with E-state index in [1.54, 1.807) is 11.3 Å². The van der Waals surface area contributed by atoms with Crippen LogP contribution in [0.15, 0.2) is 5.38 Å². The first kappa shape index (κ1) is 12.4. The molecule has 2 nitrogen and oxygen atoms in total. The van der Waals surface area contributed by atoms with Crippen LogP contribution in [0, 0.1) is 12.3 Å². The Balaban J connectivity index is 2.32. The zero-order valence-corrected chi connectivity index (χ0v) is 12.1. The molecule has 1 N–H and O–H groups in total. The third kappa shape index (κ3) is 2.29. The van der Waals surface area contributed by atoms with E-state index in [4.69, 9.17) is 0 Å². The first-order valence-electron chi connectivity index (χ1n) is 5.67. The van der Waals surface area contributed by atoms with Crippen LogP contribution in [0.1, 0.15) is 31.0 Å². The molecule has 0 bridgehead atoms. The molecule has 0 aromatic carbocycles. The Morgan fingerprint density at radius 3 is 2.62 bits per heavy atom. The number of aryl methyl sites for hydroxylation is 1. The van der Waals surface area contributed by atoms with Crippen LogP contribution < -0.4 is 5.32 Å². The molecular formula is C12H20N2S2. The fraction of sp³-hybridized carbons (Fsp3) is 0.750. The molecule has 90 valence electrons. The minimum Gasteiger partial charge on any atom is -0.308 e. The minimum absolute atomic E-state index is 0.0886. The Morgan fingerprint density at radius 1 is 1.38 bits per heavy atom. The van der Waals surface area contributed by atoms with Gasteiger partial charge in [-0.3, -0.25) is 0 Å². The molecule has 0 spiro atoms. The molecule has 1 aliphatic rings. The van der Waals surface area contributed by atoms with E-state index >= 15 is 0 Å². The lowest BCUT2D eigenvalue weighted by Gasteiger charge is -2.43. The topological polar surface area (TPSA) is 24.9 Å². The van der Waals surface area contributed by atoms with Gasteiger partial charge in [-0.1, -0.05) is 13.8 Å². The summed E-state index contributed by atoms with van der Waals surface area (Å²) in [6.07, 6.45) is 1.18. The predicted octanol–water partition coefficient (Wildman–Crippen LogP) is 3.03. The molecule has 1 unspecified atom stereocenters. The summed E-state index contributed by atoms with van der Waals surface area (Å²) in [5.41, 5.74) is 1.62. The highest BCUT2D eigenvalue weighted by Gasteiger charge is 2.42. The fourth-order valence-electron chi connectivity index (χ4n) is 2.40. The van der Waals surface area contributed by atoms with Gasteiger partial charge in [0.15, 0.2) is 0 Å². The quantitative estimate of drug-likeness (QED) is 0.880. The van der Waals surface area contributed by atoms with Crippen LogP contribution in [0.5, 0.6) is 0 Å². The molecule has 0 aliphatic carbocycles. The number of rotatable bonds is 2. The molecular weight excluding hydrogens is 236 g/mol. The van der Waals surface area contributed by atoms with Crippen LogP contribution in [0.4, 0.5) is 0 Å². The lowest BCUT2D eigenvalue weighted by atomic mass is 9.80. The van der Waals surface area contributed by atoms with E-state index < -0.39 is 0 Å². The molecule has 1 fully saturated rings. The van der Waals surface area contributed by atoms with Crippen molar-refractivity contribution < 1.29 is 0 Å². The number of hydrogen-bond acceptors (Lipinski definition) is 4. The number of thioether (sulfide) groups is 1. The van der Waals surface area contributed by atoms with Crippen LogP contribution in [0.25, 0.3) is 0 Å². The average molecular weight is 256 g/mol. The van der Waals surface area contributed by atoms with Gasteiger partial charge < -0.3 is 5.32 Å². The first-order valence-corrected chi connectivity index (χ1v) is 7.70. The summed E-state index contributed by atoms with van der Waals surface area (Å²) in [7, 11) is 2.07. The smallest absolute Gasteiger partial charge is 0.114 e. The van der Waals surface area contributed by atoms with E-state index in [2.05, 4.69) is 43.5 Å². The van der Waals surface area contributed by atoms with Crippen LogP contribution >= 0.6 is 23.1 Å². The van der Waals surface area contributed by atoms with Gasteiger partial charge in [0.05, 0.1) is 5.54 Å². The highest BCUT2D eigenvalue weighted by Crippen LogP contribution is 2.44. The van der Waals surface area contributed by atoms with Crippen molar-refractivity contribution in [3.8, 4) is 0 Å². The minimum atomic E-state index is 0.0886. The van der Waals surface area contributed by atoms with Crippen LogP contribution in [-0.4, -0.2) is 23.5 Å².